The van der Waals surface area contributed by atoms with E-state index >= 15 is 0 Å². The Labute approximate surface area is 122 Å². The van der Waals surface area contributed by atoms with Crippen LogP contribution in [0.2, 0.25) is 0 Å². The average molecular weight is 284 g/mol. The predicted molar refractivity (Wildman–Crippen MR) is 80.1 cm³/mol. The van der Waals surface area contributed by atoms with Crippen LogP contribution < -0.4 is 5.56 Å². The molecule has 1 aromatic carbocycles. The van der Waals surface area contributed by atoms with E-state index in [1.54, 1.807) is 25.1 Å². The number of hydrogen-bond acceptors (Lipinski definition) is 3. The highest BCUT2D eigenvalue weighted by Gasteiger charge is 2.14. The van der Waals surface area contributed by atoms with Gasteiger partial charge in [-0.25, -0.2) is 4.98 Å². The molecule has 108 valence electrons. The molecule has 0 radical (unpaired) electrons. The average Bonchev–Trinajstić information content (AvgIpc) is 2.46. The highest BCUT2D eigenvalue weighted by molar-refractivity contribution is 5.77. The molecule has 2 rings (SSSR count). The van der Waals surface area contributed by atoms with Gasteiger partial charge >= 0.3 is 5.97 Å². The molecule has 0 fully saturated rings. The van der Waals surface area contributed by atoms with E-state index in [2.05, 4.69) is 10.9 Å². The number of aliphatic carboxylic acids is 1. The maximum atomic E-state index is 12.6. The molecule has 1 N–H and O–H groups in total. The summed E-state index contributed by atoms with van der Waals surface area (Å²) < 4.78 is 1.48. The van der Waals surface area contributed by atoms with Crippen LogP contribution in [0.25, 0.3) is 10.9 Å². The molecular formula is C16H16N2O3. The quantitative estimate of drug-likeness (QED) is 0.852. The second-order valence-electron chi connectivity index (χ2n) is 4.81. The molecule has 1 unspecified atom stereocenters. The van der Waals surface area contributed by atoms with Crippen LogP contribution in [0, 0.1) is 12.3 Å². The number of carbonyl (C=O) groups is 1. The Hall–Kier alpha value is -2.61. The van der Waals surface area contributed by atoms with Crippen LogP contribution in [-0.4, -0.2) is 20.6 Å². The SMILES string of the molecule is C#CC(C)n1c(CCCC(=O)O)nc2ccccc2c1=O. The summed E-state index contributed by atoms with van der Waals surface area (Å²) in [5, 5.41) is 9.24. The monoisotopic (exact) mass is 284 g/mol. The molecule has 0 aliphatic rings. The molecule has 0 aliphatic heterocycles. The maximum absolute atomic E-state index is 12.6. The summed E-state index contributed by atoms with van der Waals surface area (Å²) >= 11 is 0. The first-order chi connectivity index (χ1) is 10.0. The molecule has 0 saturated heterocycles. The first kappa shape index (κ1) is 14.8. The lowest BCUT2D eigenvalue weighted by Gasteiger charge is -2.15. The number of rotatable bonds is 5. The molecule has 0 saturated carbocycles. The summed E-state index contributed by atoms with van der Waals surface area (Å²) in [6.45, 7) is 1.75. The number of fused-ring (bicyclic) bond motifs is 1. The fourth-order valence-electron chi connectivity index (χ4n) is 2.24. The Morgan fingerprint density at radius 3 is 2.86 bits per heavy atom. The topological polar surface area (TPSA) is 72.2 Å². The van der Waals surface area contributed by atoms with Gasteiger partial charge in [-0.1, -0.05) is 18.1 Å². The minimum Gasteiger partial charge on any atom is -0.481 e. The standard InChI is InChI=1S/C16H16N2O3/c1-3-11(2)18-14(9-6-10-15(19)20)17-13-8-5-4-7-12(13)16(18)21/h1,4-5,7-8,11H,6,9-10H2,2H3,(H,19,20). The van der Waals surface area contributed by atoms with E-state index in [4.69, 9.17) is 11.5 Å². The molecule has 0 aliphatic carbocycles. The third kappa shape index (κ3) is 3.11. The number of benzene rings is 1. The molecular weight excluding hydrogens is 268 g/mol. The van der Waals surface area contributed by atoms with Crippen LogP contribution in [0.4, 0.5) is 0 Å². The normalized spacial score (nSPS) is 12.0. The minimum atomic E-state index is -0.866. The molecule has 1 aromatic heterocycles. The van der Waals surface area contributed by atoms with Gasteiger partial charge in [0.25, 0.3) is 5.56 Å². The Balaban J connectivity index is 2.53. The van der Waals surface area contributed by atoms with Crippen molar-refractivity contribution >= 4 is 16.9 Å². The second kappa shape index (κ2) is 6.23. The molecule has 0 amide bonds. The molecule has 5 nitrogen and oxygen atoms in total. The van der Waals surface area contributed by atoms with Crippen LogP contribution in [0.15, 0.2) is 29.1 Å². The number of nitrogens with zero attached hydrogens (tertiary/aromatic N) is 2. The van der Waals surface area contributed by atoms with Gasteiger partial charge in [0.15, 0.2) is 0 Å². The van der Waals surface area contributed by atoms with E-state index in [9.17, 15) is 9.59 Å². The van der Waals surface area contributed by atoms with Crippen LogP contribution >= 0.6 is 0 Å². The van der Waals surface area contributed by atoms with Gasteiger partial charge in [0.1, 0.15) is 5.82 Å². The van der Waals surface area contributed by atoms with Gasteiger partial charge in [-0.2, -0.15) is 0 Å². The first-order valence-electron chi connectivity index (χ1n) is 6.72. The van der Waals surface area contributed by atoms with Crippen LogP contribution in [0.5, 0.6) is 0 Å². The Morgan fingerprint density at radius 1 is 1.48 bits per heavy atom. The predicted octanol–water partition coefficient (Wildman–Crippen LogP) is 2.00. The Kier molecular flexibility index (Phi) is 4.39. The third-order valence-electron chi connectivity index (χ3n) is 3.30. The Morgan fingerprint density at radius 2 is 2.19 bits per heavy atom. The van der Waals surface area contributed by atoms with Crippen molar-refractivity contribution in [1.29, 1.82) is 0 Å². The van der Waals surface area contributed by atoms with Gasteiger partial charge < -0.3 is 5.11 Å². The number of terminal acetylenes is 1. The van der Waals surface area contributed by atoms with E-state index in [0.717, 1.165) is 0 Å². The lowest BCUT2D eigenvalue weighted by molar-refractivity contribution is -0.137. The number of para-hydroxylation sites is 1. The highest BCUT2D eigenvalue weighted by atomic mass is 16.4. The zero-order valence-corrected chi connectivity index (χ0v) is 11.7. The molecule has 2 aromatic rings. The van der Waals surface area contributed by atoms with E-state index in [-0.39, 0.29) is 12.0 Å². The van der Waals surface area contributed by atoms with Gasteiger partial charge in [0.2, 0.25) is 0 Å². The van der Waals surface area contributed by atoms with Crippen molar-refractivity contribution in [2.24, 2.45) is 0 Å². The minimum absolute atomic E-state index is 0.0349. The Bertz CT molecular complexity index is 771. The fourth-order valence-corrected chi connectivity index (χ4v) is 2.24. The maximum Gasteiger partial charge on any atom is 0.303 e. The number of aromatic nitrogens is 2. The van der Waals surface area contributed by atoms with Crippen molar-refractivity contribution in [3.8, 4) is 12.3 Å². The summed E-state index contributed by atoms with van der Waals surface area (Å²) in [5.74, 6) is 2.20. The van der Waals surface area contributed by atoms with Gasteiger partial charge in [0.05, 0.1) is 16.9 Å². The van der Waals surface area contributed by atoms with Crippen molar-refractivity contribution in [2.75, 3.05) is 0 Å². The molecule has 1 atom stereocenters. The van der Waals surface area contributed by atoms with Gasteiger partial charge in [0, 0.05) is 12.8 Å². The summed E-state index contributed by atoms with van der Waals surface area (Å²) in [7, 11) is 0. The number of aryl methyl sites for hydroxylation is 1. The largest absolute Gasteiger partial charge is 0.481 e. The molecule has 5 heteroatoms. The van der Waals surface area contributed by atoms with Crippen molar-refractivity contribution < 1.29 is 9.90 Å². The molecule has 0 spiro atoms. The van der Waals surface area contributed by atoms with Crippen LogP contribution in [0.1, 0.15) is 31.6 Å². The van der Waals surface area contributed by atoms with E-state index in [1.807, 2.05) is 6.07 Å². The summed E-state index contributed by atoms with van der Waals surface area (Å²) in [4.78, 5) is 27.7. The second-order valence-corrected chi connectivity index (χ2v) is 4.81. The lowest BCUT2D eigenvalue weighted by Crippen LogP contribution is -2.27. The van der Waals surface area contributed by atoms with E-state index < -0.39 is 12.0 Å². The zero-order chi connectivity index (χ0) is 15.4. The first-order valence-corrected chi connectivity index (χ1v) is 6.72. The van der Waals surface area contributed by atoms with Crippen molar-refractivity contribution in [3.63, 3.8) is 0 Å². The number of carboxylic acids is 1. The van der Waals surface area contributed by atoms with E-state index in [0.29, 0.717) is 29.6 Å². The summed E-state index contributed by atoms with van der Waals surface area (Å²) in [5.41, 5.74) is 0.421. The number of hydrogen-bond donors (Lipinski definition) is 1. The molecule has 0 bridgehead atoms. The summed E-state index contributed by atoms with van der Waals surface area (Å²) in [6, 6.07) is 6.65. The van der Waals surface area contributed by atoms with Crippen molar-refractivity contribution in [1.82, 2.24) is 9.55 Å². The van der Waals surface area contributed by atoms with Gasteiger partial charge in [-0.05, 0) is 25.5 Å². The van der Waals surface area contributed by atoms with Crippen LogP contribution in [-0.2, 0) is 11.2 Å². The van der Waals surface area contributed by atoms with Crippen molar-refractivity contribution in [2.45, 2.75) is 32.2 Å². The fraction of sp³-hybridized carbons (Fsp3) is 0.312. The highest BCUT2D eigenvalue weighted by Crippen LogP contribution is 2.13. The number of carboxylic acid groups (broad SMARTS) is 1. The smallest absolute Gasteiger partial charge is 0.303 e. The molecule has 21 heavy (non-hydrogen) atoms. The van der Waals surface area contributed by atoms with Crippen LogP contribution in [0.3, 0.4) is 0 Å². The lowest BCUT2D eigenvalue weighted by atomic mass is 10.2. The van der Waals surface area contributed by atoms with Gasteiger partial charge in [-0.3, -0.25) is 14.2 Å². The van der Waals surface area contributed by atoms with Gasteiger partial charge in [-0.15, -0.1) is 6.42 Å². The van der Waals surface area contributed by atoms with E-state index in [1.165, 1.54) is 4.57 Å². The summed E-state index contributed by atoms with van der Waals surface area (Å²) in [6.07, 6.45) is 6.28. The zero-order valence-electron chi connectivity index (χ0n) is 11.7. The van der Waals surface area contributed by atoms with Crippen molar-refractivity contribution in [3.05, 3.63) is 40.4 Å². The molecule has 1 heterocycles. The third-order valence-corrected chi connectivity index (χ3v) is 3.30.